The lowest BCUT2D eigenvalue weighted by Gasteiger charge is -2.15. The molecule has 2 N–H and O–H groups in total. The normalized spacial score (nSPS) is 26.6. The summed E-state index contributed by atoms with van der Waals surface area (Å²) >= 11 is 1.81. The van der Waals surface area contributed by atoms with Crippen LogP contribution in [0.4, 0.5) is 0 Å². The van der Waals surface area contributed by atoms with Gasteiger partial charge in [0, 0.05) is 24.1 Å². The summed E-state index contributed by atoms with van der Waals surface area (Å²) in [6.07, 6.45) is -0.177. The van der Waals surface area contributed by atoms with Crippen molar-refractivity contribution in [2.45, 2.75) is 18.7 Å². The number of benzene rings is 1. The van der Waals surface area contributed by atoms with Crippen molar-refractivity contribution < 1.29 is 5.11 Å². The standard InChI is InChI=1S/C11H15NOS/c13-11-8-14-7-10(11)12-6-9-4-2-1-3-5-9/h1-5,10-13H,6-8H2. The monoisotopic (exact) mass is 209 g/mol. The lowest BCUT2D eigenvalue weighted by atomic mass is 10.2. The van der Waals surface area contributed by atoms with Crippen molar-refractivity contribution in [3.63, 3.8) is 0 Å². The number of thioether (sulfide) groups is 1. The first-order chi connectivity index (χ1) is 6.86. The number of hydrogen-bond acceptors (Lipinski definition) is 3. The van der Waals surface area contributed by atoms with E-state index in [-0.39, 0.29) is 12.1 Å². The Labute approximate surface area is 88.7 Å². The zero-order valence-corrected chi connectivity index (χ0v) is 8.83. The highest BCUT2D eigenvalue weighted by atomic mass is 32.2. The fraction of sp³-hybridized carbons (Fsp3) is 0.455. The molecule has 1 aromatic rings. The molecule has 0 aliphatic carbocycles. The third-order valence-electron chi connectivity index (χ3n) is 2.46. The maximum absolute atomic E-state index is 9.58. The lowest BCUT2D eigenvalue weighted by molar-refractivity contribution is 0.165. The molecule has 1 aliphatic heterocycles. The second kappa shape index (κ2) is 4.82. The average molecular weight is 209 g/mol. The minimum atomic E-state index is -0.177. The first kappa shape index (κ1) is 10.0. The van der Waals surface area contributed by atoms with Crippen LogP contribution in [0.15, 0.2) is 30.3 Å². The summed E-state index contributed by atoms with van der Waals surface area (Å²) < 4.78 is 0. The van der Waals surface area contributed by atoms with E-state index in [1.165, 1.54) is 5.56 Å². The molecule has 2 atom stereocenters. The SMILES string of the molecule is OC1CSCC1NCc1ccccc1. The Morgan fingerprint density at radius 3 is 2.71 bits per heavy atom. The summed E-state index contributed by atoms with van der Waals surface area (Å²) in [5, 5.41) is 13.0. The van der Waals surface area contributed by atoms with Crippen molar-refractivity contribution in [2.24, 2.45) is 0 Å². The molecular formula is C11H15NOS. The second-order valence-corrected chi connectivity index (χ2v) is 4.65. The summed E-state index contributed by atoms with van der Waals surface area (Å²) in [4.78, 5) is 0. The molecule has 1 aromatic carbocycles. The topological polar surface area (TPSA) is 32.3 Å². The molecule has 1 heterocycles. The van der Waals surface area contributed by atoms with Gasteiger partial charge in [0.15, 0.2) is 0 Å². The molecule has 1 aliphatic rings. The summed E-state index contributed by atoms with van der Waals surface area (Å²) in [6.45, 7) is 0.850. The Kier molecular flexibility index (Phi) is 3.45. The lowest BCUT2D eigenvalue weighted by Crippen LogP contribution is -2.38. The Morgan fingerprint density at radius 2 is 2.07 bits per heavy atom. The van der Waals surface area contributed by atoms with Gasteiger partial charge in [0.25, 0.3) is 0 Å². The van der Waals surface area contributed by atoms with Gasteiger partial charge in [-0.2, -0.15) is 11.8 Å². The summed E-state index contributed by atoms with van der Waals surface area (Å²) in [5.74, 6) is 1.89. The van der Waals surface area contributed by atoms with Gasteiger partial charge in [-0.1, -0.05) is 30.3 Å². The van der Waals surface area contributed by atoms with Crippen molar-refractivity contribution in [3.05, 3.63) is 35.9 Å². The Morgan fingerprint density at radius 1 is 1.29 bits per heavy atom. The fourth-order valence-corrected chi connectivity index (χ4v) is 2.79. The van der Waals surface area contributed by atoms with Gasteiger partial charge in [-0.05, 0) is 5.56 Å². The van der Waals surface area contributed by atoms with Crippen LogP contribution in [0.3, 0.4) is 0 Å². The van der Waals surface area contributed by atoms with Crippen LogP contribution in [-0.4, -0.2) is 28.8 Å². The number of aliphatic hydroxyl groups is 1. The number of nitrogens with one attached hydrogen (secondary N) is 1. The van der Waals surface area contributed by atoms with Gasteiger partial charge in [-0.15, -0.1) is 0 Å². The molecule has 0 aromatic heterocycles. The van der Waals surface area contributed by atoms with E-state index >= 15 is 0 Å². The second-order valence-electron chi connectivity index (χ2n) is 3.58. The highest BCUT2D eigenvalue weighted by Crippen LogP contribution is 2.18. The minimum Gasteiger partial charge on any atom is -0.391 e. The van der Waals surface area contributed by atoms with Crippen molar-refractivity contribution in [2.75, 3.05) is 11.5 Å². The molecule has 1 fully saturated rings. The van der Waals surface area contributed by atoms with Crippen LogP contribution in [-0.2, 0) is 6.54 Å². The van der Waals surface area contributed by atoms with E-state index in [4.69, 9.17) is 0 Å². The molecule has 3 heteroatoms. The van der Waals surface area contributed by atoms with Gasteiger partial charge < -0.3 is 10.4 Å². The van der Waals surface area contributed by atoms with E-state index in [1.807, 2.05) is 30.0 Å². The molecule has 2 unspecified atom stereocenters. The third kappa shape index (κ3) is 2.50. The third-order valence-corrected chi connectivity index (χ3v) is 3.63. The first-order valence-electron chi connectivity index (χ1n) is 4.89. The van der Waals surface area contributed by atoms with E-state index in [0.717, 1.165) is 18.1 Å². The van der Waals surface area contributed by atoms with Gasteiger partial charge in [0.1, 0.15) is 0 Å². The number of aliphatic hydroxyl groups excluding tert-OH is 1. The van der Waals surface area contributed by atoms with Crippen LogP contribution in [0.5, 0.6) is 0 Å². The molecular weight excluding hydrogens is 194 g/mol. The predicted molar refractivity (Wildman–Crippen MR) is 60.4 cm³/mol. The van der Waals surface area contributed by atoms with Gasteiger partial charge in [-0.25, -0.2) is 0 Å². The van der Waals surface area contributed by atoms with Crippen LogP contribution in [0.25, 0.3) is 0 Å². The molecule has 0 spiro atoms. The van der Waals surface area contributed by atoms with E-state index < -0.39 is 0 Å². The highest BCUT2D eigenvalue weighted by Gasteiger charge is 2.24. The Bertz CT molecular complexity index is 278. The molecule has 76 valence electrons. The minimum absolute atomic E-state index is 0.177. The van der Waals surface area contributed by atoms with E-state index in [9.17, 15) is 5.11 Å². The zero-order valence-electron chi connectivity index (χ0n) is 8.02. The largest absolute Gasteiger partial charge is 0.391 e. The quantitative estimate of drug-likeness (QED) is 0.786. The maximum atomic E-state index is 9.58. The molecule has 0 bridgehead atoms. The molecule has 1 saturated heterocycles. The Balaban J connectivity index is 1.82. The van der Waals surface area contributed by atoms with Crippen LogP contribution in [0, 0.1) is 0 Å². The van der Waals surface area contributed by atoms with Crippen LogP contribution >= 0.6 is 11.8 Å². The highest BCUT2D eigenvalue weighted by molar-refractivity contribution is 7.99. The maximum Gasteiger partial charge on any atom is 0.0791 e. The van der Waals surface area contributed by atoms with Crippen molar-refractivity contribution in [1.82, 2.24) is 5.32 Å². The van der Waals surface area contributed by atoms with Gasteiger partial charge in [-0.3, -0.25) is 0 Å². The predicted octanol–water partition coefficient (Wildman–Crippen LogP) is 1.25. The summed E-state index contributed by atoms with van der Waals surface area (Å²) in [6, 6.07) is 10.6. The van der Waals surface area contributed by atoms with Crippen molar-refractivity contribution in [1.29, 1.82) is 0 Å². The van der Waals surface area contributed by atoms with Crippen LogP contribution in [0.2, 0.25) is 0 Å². The molecule has 14 heavy (non-hydrogen) atoms. The smallest absolute Gasteiger partial charge is 0.0791 e. The number of rotatable bonds is 3. The van der Waals surface area contributed by atoms with Crippen LogP contribution in [0.1, 0.15) is 5.56 Å². The van der Waals surface area contributed by atoms with Gasteiger partial charge in [0.05, 0.1) is 6.10 Å². The molecule has 0 amide bonds. The van der Waals surface area contributed by atoms with Crippen molar-refractivity contribution >= 4 is 11.8 Å². The average Bonchev–Trinajstić information content (AvgIpc) is 2.63. The summed E-state index contributed by atoms with van der Waals surface area (Å²) in [5.41, 5.74) is 1.27. The zero-order chi connectivity index (χ0) is 9.80. The molecule has 0 saturated carbocycles. The van der Waals surface area contributed by atoms with E-state index in [1.54, 1.807) is 0 Å². The van der Waals surface area contributed by atoms with Gasteiger partial charge in [0.2, 0.25) is 0 Å². The molecule has 0 radical (unpaired) electrons. The first-order valence-corrected chi connectivity index (χ1v) is 6.05. The fourth-order valence-electron chi connectivity index (χ4n) is 1.58. The Hall–Kier alpha value is -0.510. The van der Waals surface area contributed by atoms with Crippen molar-refractivity contribution in [3.8, 4) is 0 Å². The number of hydrogen-bond donors (Lipinski definition) is 2. The van der Waals surface area contributed by atoms with Crippen LogP contribution < -0.4 is 5.32 Å². The summed E-state index contributed by atoms with van der Waals surface area (Å²) in [7, 11) is 0. The van der Waals surface area contributed by atoms with Gasteiger partial charge >= 0.3 is 0 Å². The van der Waals surface area contributed by atoms with E-state index in [2.05, 4.69) is 17.4 Å². The molecule has 2 rings (SSSR count). The molecule has 2 nitrogen and oxygen atoms in total. The van der Waals surface area contributed by atoms with E-state index in [0.29, 0.717) is 0 Å².